The predicted molar refractivity (Wildman–Crippen MR) is 56.8 cm³/mol. The Bertz CT molecular complexity index is 259. The number of rotatable bonds is 0. The first kappa shape index (κ1) is 16.3. The van der Waals surface area contributed by atoms with Crippen molar-refractivity contribution in [2.24, 2.45) is 7.05 Å². The van der Waals surface area contributed by atoms with Gasteiger partial charge in [-0.3, -0.25) is 0 Å². The molecular formula is C11H21N2Rh-. The van der Waals surface area contributed by atoms with Crippen LogP contribution in [-0.2, 0) is 31.9 Å². The van der Waals surface area contributed by atoms with E-state index >= 15 is 0 Å². The van der Waals surface area contributed by atoms with E-state index in [9.17, 15) is 0 Å². The average molecular weight is 284 g/mol. The molecule has 1 heterocycles. The van der Waals surface area contributed by atoms with Gasteiger partial charge in [-0.2, -0.15) is 5.56 Å². The van der Waals surface area contributed by atoms with Crippen LogP contribution in [-0.4, -0.2) is 9.78 Å². The zero-order chi connectivity index (χ0) is 10.6. The van der Waals surface area contributed by atoms with Gasteiger partial charge in [0.15, 0.2) is 0 Å². The topological polar surface area (TPSA) is 17.8 Å². The number of nitrogens with zero attached hydrogens (tertiary/aromatic N) is 2. The first-order chi connectivity index (χ1) is 5.93. The molecular weight excluding hydrogens is 263 g/mol. The molecule has 3 heteroatoms. The molecule has 0 unspecified atom stereocenters. The van der Waals surface area contributed by atoms with Crippen LogP contribution in [0.5, 0.6) is 0 Å². The maximum absolute atomic E-state index is 4.07. The van der Waals surface area contributed by atoms with Crippen molar-refractivity contribution in [1.29, 1.82) is 0 Å². The van der Waals surface area contributed by atoms with Crippen LogP contribution in [0.15, 0.2) is 0 Å². The zero-order valence-electron chi connectivity index (χ0n) is 10.2. The van der Waals surface area contributed by atoms with Gasteiger partial charge in [0.2, 0.25) is 0 Å². The maximum Gasteiger partial charge on any atom is 0.00897 e. The summed E-state index contributed by atoms with van der Waals surface area (Å²) in [6.45, 7) is 12.6. The number of hydrogen-bond donors (Lipinski definition) is 0. The summed E-state index contributed by atoms with van der Waals surface area (Å²) in [7, 11) is 1.95. The van der Waals surface area contributed by atoms with Crippen molar-refractivity contribution in [3.63, 3.8) is 0 Å². The Morgan fingerprint density at radius 1 is 1.21 bits per heavy atom. The molecule has 14 heavy (non-hydrogen) atoms. The molecule has 1 aromatic heterocycles. The van der Waals surface area contributed by atoms with E-state index in [1.165, 1.54) is 11.3 Å². The quantitative estimate of drug-likeness (QED) is 0.529. The fraction of sp³-hybridized carbons (Fsp3) is 0.727. The summed E-state index contributed by atoms with van der Waals surface area (Å²) in [6, 6.07) is 0. The molecule has 1 aromatic rings. The first-order valence-corrected chi connectivity index (χ1v) is 4.84. The molecule has 85 valence electrons. The molecule has 2 nitrogen and oxygen atoms in total. The summed E-state index contributed by atoms with van der Waals surface area (Å²) in [5, 5.41) is 4.07. The van der Waals surface area contributed by atoms with Gasteiger partial charge < -0.3 is 9.78 Å². The second-order valence-electron chi connectivity index (χ2n) is 3.95. The van der Waals surface area contributed by atoms with Crippen molar-refractivity contribution in [1.82, 2.24) is 9.78 Å². The molecule has 0 spiro atoms. The summed E-state index contributed by atoms with van der Waals surface area (Å²) < 4.78 is 1.86. The van der Waals surface area contributed by atoms with E-state index in [1.54, 1.807) is 0 Å². The van der Waals surface area contributed by atoms with E-state index in [-0.39, 0.29) is 24.9 Å². The molecule has 1 radical (unpaired) electrons. The van der Waals surface area contributed by atoms with Crippen LogP contribution < -0.4 is 0 Å². The minimum Gasteiger partial charge on any atom is -0.369 e. The van der Waals surface area contributed by atoms with E-state index in [4.69, 9.17) is 0 Å². The molecule has 0 fully saturated rings. The third-order valence-electron chi connectivity index (χ3n) is 1.91. The van der Waals surface area contributed by atoms with Gasteiger partial charge in [-0.25, -0.2) is 0 Å². The van der Waals surface area contributed by atoms with Crippen LogP contribution in [0.3, 0.4) is 0 Å². The molecule has 0 bridgehead atoms. The molecule has 1 rings (SSSR count). The molecule has 0 aliphatic heterocycles. The van der Waals surface area contributed by atoms with E-state index in [2.05, 4.69) is 39.0 Å². The van der Waals surface area contributed by atoms with Crippen LogP contribution in [0.4, 0.5) is 0 Å². The van der Waals surface area contributed by atoms with Crippen LogP contribution in [0.25, 0.3) is 0 Å². The van der Waals surface area contributed by atoms with Crippen molar-refractivity contribution in [3.8, 4) is 0 Å². The molecule has 0 saturated heterocycles. The molecule has 0 aromatic carbocycles. The molecule has 0 saturated carbocycles. The minimum atomic E-state index is 0. The smallest absolute Gasteiger partial charge is 0.00897 e. The van der Waals surface area contributed by atoms with E-state index in [1.807, 2.05) is 25.6 Å². The SMILES string of the molecule is CC.Cc1c(C(C)(C)C)[c-]nn1C.[Rh]. The van der Waals surface area contributed by atoms with E-state index in [0.717, 1.165) is 0 Å². The largest absolute Gasteiger partial charge is 0.369 e. The van der Waals surface area contributed by atoms with Crippen LogP contribution in [0, 0.1) is 13.1 Å². The Kier molecular flexibility index (Phi) is 7.37. The van der Waals surface area contributed by atoms with Crippen LogP contribution in [0.2, 0.25) is 0 Å². The Labute approximate surface area is 101 Å². The maximum atomic E-state index is 4.07. The summed E-state index contributed by atoms with van der Waals surface area (Å²) in [4.78, 5) is 0. The van der Waals surface area contributed by atoms with Gasteiger partial charge in [0, 0.05) is 26.5 Å². The second-order valence-corrected chi connectivity index (χ2v) is 3.95. The third kappa shape index (κ3) is 3.92. The third-order valence-corrected chi connectivity index (χ3v) is 1.91. The van der Waals surface area contributed by atoms with Crippen LogP contribution in [0.1, 0.15) is 45.9 Å². The number of aryl methyl sites for hydroxylation is 1. The summed E-state index contributed by atoms with van der Waals surface area (Å²) in [6.07, 6.45) is 3.03. The molecule has 0 N–H and O–H groups in total. The van der Waals surface area contributed by atoms with Gasteiger partial charge in [-0.1, -0.05) is 41.5 Å². The molecule has 0 amide bonds. The fourth-order valence-corrected chi connectivity index (χ4v) is 1.15. The van der Waals surface area contributed by atoms with Crippen molar-refractivity contribution in [2.75, 3.05) is 0 Å². The fourth-order valence-electron chi connectivity index (χ4n) is 1.15. The van der Waals surface area contributed by atoms with Crippen molar-refractivity contribution < 1.29 is 19.5 Å². The zero-order valence-corrected chi connectivity index (χ0v) is 11.9. The second kappa shape index (κ2) is 6.34. The Morgan fingerprint density at radius 2 is 1.64 bits per heavy atom. The predicted octanol–water partition coefficient (Wildman–Crippen LogP) is 2.85. The van der Waals surface area contributed by atoms with Gasteiger partial charge in [-0.05, 0) is 5.41 Å². The van der Waals surface area contributed by atoms with Crippen molar-refractivity contribution >= 4 is 0 Å². The Morgan fingerprint density at radius 3 is 1.79 bits per heavy atom. The van der Waals surface area contributed by atoms with E-state index in [0.29, 0.717) is 0 Å². The number of hydrogen-bond acceptors (Lipinski definition) is 1. The van der Waals surface area contributed by atoms with Gasteiger partial charge in [0.05, 0.1) is 0 Å². The molecule has 0 aliphatic carbocycles. The van der Waals surface area contributed by atoms with Gasteiger partial charge >= 0.3 is 0 Å². The summed E-state index contributed by atoms with van der Waals surface area (Å²) in [5.74, 6) is 0. The normalized spacial score (nSPS) is 9.93. The standard InChI is InChI=1S/C9H15N2.C2H6.Rh/c1-7-8(9(2,3)4)6-10-11(7)5;1-2;/h1-5H3;1-2H3;/q-1;;. The monoisotopic (exact) mass is 284 g/mol. The first-order valence-electron chi connectivity index (χ1n) is 4.84. The van der Waals surface area contributed by atoms with Crippen molar-refractivity contribution in [2.45, 2.75) is 47.0 Å². The van der Waals surface area contributed by atoms with Gasteiger partial charge in [0.1, 0.15) is 0 Å². The van der Waals surface area contributed by atoms with Crippen molar-refractivity contribution in [3.05, 3.63) is 17.5 Å². The summed E-state index contributed by atoms with van der Waals surface area (Å²) in [5.41, 5.74) is 2.58. The minimum absolute atomic E-state index is 0. The number of aromatic nitrogens is 2. The van der Waals surface area contributed by atoms with Crippen LogP contribution >= 0.6 is 0 Å². The van der Waals surface area contributed by atoms with E-state index < -0.39 is 0 Å². The van der Waals surface area contributed by atoms with Gasteiger partial charge in [0.25, 0.3) is 0 Å². The molecule has 0 atom stereocenters. The Balaban J connectivity index is 0. The summed E-state index contributed by atoms with van der Waals surface area (Å²) >= 11 is 0. The molecule has 0 aliphatic rings. The average Bonchev–Trinajstić information content (AvgIpc) is 2.36. The van der Waals surface area contributed by atoms with Gasteiger partial charge in [-0.15, -0.1) is 11.9 Å². The Hall–Kier alpha value is -0.167.